The van der Waals surface area contributed by atoms with E-state index < -0.39 is 0 Å². The summed E-state index contributed by atoms with van der Waals surface area (Å²) in [5.41, 5.74) is 7.29. The molecule has 0 aliphatic carbocycles. The molecule has 1 aromatic rings. The van der Waals surface area contributed by atoms with E-state index in [4.69, 9.17) is 10.5 Å². The van der Waals surface area contributed by atoms with Crippen LogP contribution in [-0.4, -0.2) is 49.6 Å². The molecule has 140 valence electrons. The molecule has 1 aromatic carbocycles. The van der Waals surface area contributed by atoms with Gasteiger partial charge in [0, 0.05) is 25.7 Å². The number of nitrogens with zero attached hydrogens (tertiary/aromatic N) is 1. The summed E-state index contributed by atoms with van der Waals surface area (Å²) in [6.07, 6.45) is 3.79. The van der Waals surface area contributed by atoms with Gasteiger partial charge in [0.2, 0.25) is 5.91 Å². The van der Waals surface area contributed by atoms with Crippen LogP contribution in [0.2, 0.25) is 0 Å². The molecular weight excluding hydrogens is 314 g/mol. The second kappa shape index (κ2) is 9.78. The number of carbonyl (C=O) groups excluding carboxylic acids is 1. The summed E-state index contributed by atoms with van der Waals surface area (Å²) in [5.74, 6) is 1.35. The fourth-order valence-electron chi connectivity index (χ4n) is 3.30. The third-order valence-corrected chi connectivity index (χ3v) is 4.87. The van der Waals surface area contributed by atoms with Crippen LogP contribution < -0.4 is 15.8 Å². The smallest absolute Gasteiger partial charge is 0.237 e. The topological polar surface area (TPSA) is 67.6 Å². The van der Waals surface area contributed by atoms with Crippen LogP contribution in [0.3, 0.4) is 0 Å². The number of amides is 1. The highest BCUT2D eigenvalue weighted by atomic mass is 16.5. The van der Waals surface area contributed by atoms with Gasteiger partial charge in [-0.05, 0) is 49.3 Å². The van der Waals surface area contributed by atoms with Crippen molar-refractivity contribution in [2.24, 2.45) is 11.7 Å². The molecule has 1 aliphatic heterocycles. The van der Waals surface area contributed by atoms with Crippen LogP contribution in [0, 0.1) is 5.92 Å². The summed E-state index contributed by atoms with van der Waals surface area (Å²) in [6, 6.07) is 8.16. The Morgan fingerprint density at radius 2 is 1.92 bits per heavy atom. The highest BCUT2D eigenvalue weighted by Crippen LogP contribution is 2.14. The number of ether oxygens (including phenoxy) is 1. The Kier molecular flexibility index (Phi) is 7.72. The van der Waals surface area contributed by atoms with Crippen LogP contribution in [-0.2, 0) is 11.2 Å². The van der Waals surface area contributed by atoms with E-state index >= 15 is 0 Å². The summed E-state index contributed by atoms with van der Waals surface area (Å²) in [7, 11) is 1.69. The van der Waals surface area contributed by atoms with E-state index in [1.54, 1.807) is 7.11 Å². The number of benzene rings is 1. The van der Waals surface area contributed by atoms with Crippen molar-refractivity contribution in [3.8, 4) is 5.75 Å². The maximum atomic E-state index is 12.1. The summed E-state index contributed by atoms with van der Waals surface area (Å²) in [6.45, 7) is 7.30. The third-order valence-electron chi connectivity index (χ3n) is 4.87. The van der Waals surface area contributed by atoms with Crippen LogP contribution in [0.5, 0.6) is 5.75 Å². The number of nitrogens with one attached hydrogen (secondary N) is 1. The van der Waals surface area contributed by atoms with Crippen molar-refractivity contribution in [1.29, 1.82) is 0 Å². The van der Waals surface area contributed by atoms with E-state index in [0.29, 0.717) is 5.92 Å². The van der Waals surface area contributed by atoms with E-state index in [9.17, 15) is 4.79 Å². The number of hydrogen-bond donors (Lipinski definition) is 2. The predicted octanol–water partition coefficient (Wildman–Crippen LogP) is 2.19. The number of hydrogen-bond acceptors (Lipinski definition) is 4. The molecule has 1 atom stereocenters. The molecule has 1 aliphatic rings. The van der Waals surface area contributed by atoms with Crippen molar-refractivity contribution < 1.29 is 9.53 Å². The molecule has 2 rings (SSSR count). The Bertz CT molecular complexity index is 522. The average Bonchev–Trinajstić information content (AvgIpc) is 2.61. The Morgan fingerprint density at radius 1 is 1.28 bits per heavy atom. The van der Waals surface area contributed by atoms with Gasteiger partial charge in [-0.15, -0.1) is 0 Å². The van der Waals surface area contributed by atoms with Crippen LogP contribution in [0.4, 0.5) is 0 Å². The predicted molar refractivity (Wildman–Crippen MR) is 102 cm³/mol. The Balaban J connectivity index is 1.67. The minimum absolute atomic E-state index is 0.00498. The SMILES string of the molecule is COc1ccc(CCN2CCC(NC(=O)[C@@H](N)CC(C)C)CC2)cc1. The Morgan fingerprint density at radius 3 is 2.48 bits per heavy atom. The van der Waals surface area contributed by atoms with Gasteiger partial charge in [-0.1, -0.05) is 26.0 Å². The molecule has 25 heavy (non-hydrogen) atoms. The molecule has 1 heterocycles. The van der Waals surface area contributed by atoms with Crippen molar-refractivity contribution in [2.75, 3.05) is 26.7 Å². The molecule has 3 N–H and O–H groups in total. The number of likely N-dealkylation sites (tertiary alicyclic amines) is 1. The number of rotatable bonds is 8. The molecule has 1 fully saturated rings. The lowest BCUT2D eigenvalue weighted by atomic mass is 10.0. The Labute approximate surface area is 151 Å². The van der Waals surface area contributed by atoms with Crippen LogP contribution >= 0.6 is 0 Å². The summed E-state index contributed by atoms with van der Waals surface area (Å²) < 4.78 is 5.19. The van der Waals surface area contributed by atoms with Gasteiger partial charge in [0.25, 0.3) is 0 Å². The fraction of sp³-hybridized carbons (Fsp3) is 0.650. The van der Waals surface area contributed by atoms with Gasteiger partial charge in [0.15, 0.2) is 0 Å². The van der Waals surface area contributed by atoms with Crippen molar-refractivity contribution in [2.45, 2.75) is 51.6 Å². The van der Waals surface area contributed by atoms with Gasteiger partial charge in [-0.2, -0.15) is 0 Å². The first-order valence-electron chi connectivity index (χ1n) is 9.39. The fourth-order valence-corrected chi connectivity index (χ4v) is 3.30. The van der Waals surface area contributed by atoms with E-state index in [-0.39, 0.29) is 18.0 Å². The molecule has 5 heteroatoms. The maximum absolute atomic E-state index is 12.1. The molecule has 0 aromatic heterocycles. The van der Waals surface area contributed by atoms with Gasteiger partial charge in [-0.25, -0.2) is 0 Å². The van der Waals surface area contributed by atoms with Gasteiger partial charge in [0.1, 0.15) is 5.75 Å². The van der Waals surface area contributed by atoms with Crippen molar-refractivity contribution in [3.63, 3.8) is 0 Å². The van der Waals surface area contributed by atoms with Gasteiger partial charge < -0.3 is 20.7 Å². The summed E-state index contributed by atoms with van der Waals surface area (Å²) >= 11 is 0. The molecular formula is C20H33N3O2. The van der Waals surface area contributed by atoms with Crippen LogP contribution in [0.15, 0.2) is 24.3 Å². The minimum Gasteiger partial charge on any atom is -0.497 e. The Hall–Kier alpha value is -1.59. The highest BCUT2D eigenvalue weighted by Gasteiger charge is 2.23. The number of methoxy groups -OCH3 is 1. The lowest BCUT2D eigenvalue weighted by molar-refractivity contribution is -0.123. The lowest BCUT2D eigenvalue weighted by Crippen LogP contribution is -2.50. The first-order chi connectivity index (χ1) is 12.0. The van der Waals surface area contributed by atoms with Gasteiger partial charge >= 0.3 is 0 Å². The van der Waals surface area contributed by atoms with E-state index in [2.05, 4.69) is 36.2 Å². The second-order valence-corrected chi connectivity index (χ2v) is 7.46. The highest BCUT2D eigenvalue weighted by molar-refractivity contribution is 5.81. The zero-order valence-electron chi connectivity index (χ0n) is 15.8. The maximum Gasteiger partial charge on any atom is 0.237 e. The number of nitrogens with two attached hydrogens (primary N) is 1. The zero-order chi connectivity index (χ0) is 18.2. The molecule has 1 saturated heterocycles. The zero-order valence-corrected chi connectivity index (χ0v) is 15.8. The van der Waals surface area contributed by atoms with E-state index in [1.165, 1.54) is 5.56 Å². The standard InChI is InChI=1S/C20H33N3O2/c1-15(2)14-19(21)20(24)22-17-9-12-23(13-10-17)11-8-16-4-6-18(25-3)7-5-16/h4-7,15,17,19H,8-14,21H2,1-3H3,(H,22,24)/t19-/m0/s1. The summed E-state index contributed by atoms with van der Waals surface area (Å²) in [4.78, 5) is 14.6. The van der Waals surface area contributed by atoms with Crippen LogP contribution in [0.1, 0.15) is 38.7 Å². The molecule has 1 amide bonds. The number of piperidine rings is 1. The quantitative estimate of drug-likeness (QED) is 0.756. The molecule has 0 unspecified atom stereocenters. The first kappa shape index (κ1) is 19.7. The normalized spacial score (nSPS) is 17.5. The lowest BCUT2D eigenvalue weighted by Gasteiger charge is -2.33. The first-order valence-corrected chi connectivity index (χ1v) is 9.39. The van der Waals surface area contributed by atoms with Crippen molar-refractivity contribution in [3.05, 3.63) is 29.8 Å². The number of carbonyl (C=O) groups is 1. The third kappa shape index (κ3) is 6.67. The molecule has 0 radical (unpaired) electrons. The molecule has 0 saturated carbocycles. The van der Waals surface area contributed by atoms with Crippen molar-refractivity contribution in [1.82, 2.24) is 10.2 Å². The molecule has 5 nitrogen and oxygen atoms in total. The average molecular weight is 348 g/mol. The van der Waals surface area contributed by atoms with Gasteiger partial charge in [-0.3, -0.25) is 4.79 Å². The largest absolute Gasteiger partial charge is 0.497 e. The van der Waals surface area contributed by atoms with E-state index in [0.717, 1.165) is 51.1 Å². The molecule has 0 spiro atoms. The monoisotopic (exact) mass is 347 g/mol. The van der Waals surface area contributed by atoms with E-state index in [1.807, 2.05) is 12.1 Å². The summed E-state index contributed by atoms with van der Waals surface area (Å²) in [5, 5.41) is 3.13. The van der Waals surface area contributed by atoms with Crippen molar-refractivity contribution >= 4 is 5.91 Å². The van der Waals surface area contributed by atoms with Gasteiger partial charge in [0.05, 0.1) is 13.2 Å². The molecule has 0 bridgehead atoms. The van der Waals surface area contributed by atoms with Crippen LogP contribution in [0.25, 0.3) is 0 Å². The minimum atomic E-state index is -0.381. The second-order valence-electron chi connectivity index (χ2n) is 7.46.